The molecule has 3 N–H and O–H groups in total. The number of carbonyl (C=O) groups excluding carboxylic acids is 2. The van der Waals surface area contributed by atoms with Crippen LogP contribution in [0.4, 0.5) is 0 Å². The second-order valence-electron chi connectivity index (χ2n) is 14.2. The summed E-state index contributed by atoms with van der Waals surface area (Å²) in [7, 11) is 1.54. The number of tetrazole rings is 1. The summed E-state index contributed by atoms with van der Waals surface area (Å²) < 4.78 is 5.60. The molecule has 3 fully saturated rings. The molecular formula is C38H42Cl2N8O5. The lowest BCUT2D eigenvalue weighted by Crippen LogP contribution is -2.57. The van der Waals surface area contributed by atoms with E-state index in [1.165, 1.54) is 7.11 Å². The Labute approximate surface area is 317 Å². The average molecular weight is 762 g/mol. The number of aromatic nitrogens is 4. The first-order valence-corrected chi connectivity index (χ1v) is 18.6. The third-order valence-electron chi connectivity index (χ3n) is 11.4. The van der Waals surface area contributed by atoms with Crippen LogP contribution in [-0.2, 0) is 20.4 Å². The summed E-state index contributed by atoms with van der Waals surface area (Å²) in [5.74, 6) is -0.409. The van der Waals surface area contributed by atoms with E-state index in [1.807, 2.05) is 53.4 Å². The molecule has 3 aliphatic heterocycles. The van der Waals surface area contributed by atoms with Gasteiger partial charge >= 0.3 is 5.97 Å². The number of halogens is 2. The molecule has 0 radical (unpaired) electrons. The van der Waals surface area contributed by atoms with Crippen LogP contribution >= 0.6 is 23.2 Å². The summed E-state index contributed by atoms with van der Waals surface area (Å²) in [4.78, 5) is 44.4. The second kappa shape index (κ2) is 15.4. The molecule has 53 heavy (non-hydrogen) atoms. The molecule has 278 valence electrons. The maximum atomic E-state index is 14.2. The molecule has 4 aromatic rings. The normalized spacial score (nSPS) is 21.8. The van der Waals surface area contributed by atoms with Crippen LogP contribution in [0.2, 0.25) is 10.0 Å². The predicted molar refractivity (Wildman–Crippen MR) is 199 cm³/mol. The number of carbonyl (C=O) groups is 3. The Morgan fingerprint density at radius 1 is 0.962 bits per heavy atom. The van der Waals surface area contributed by atoms with E-state index < -0.39 is 22.8 Å². The Morgan fingerprint density at radius 3 is 2.45 bits per heavy atom. The van der Waals surface area contributed by atoms with Crippen LogP contribution in [-0.4, -0.2) is 111 Å². The van der Waals surface area contributed by atoms with E-state index in [0.29, 0.717) is 97.6 Å². The second-order valence-corrected chi connectivity index (χ2v) is 15.0. The van der Waals surface area contributed by atoms with E-state index >= 15 is 0 Å². The summed E-state index contributed by atoms with van der Waals surface area (Å²) in [6, 6.07) is 20.1. The van der Waals surface area contributed by atoms with E-state index in [9.17, 15) is 19.5 Å². The number of carboxylic acids is 1. The largest absolute Gasteiger partial charge is 0.496 e. The van der Waals surface area contributed by atoms with Crippen molar-refractivity contribution >= 4 is 41.0 Å². The number of ether oxygens (including phenoxy) is 1. The fourth-order valence-corrected chi connectivity index (χ4v) is 8.55. The zero-order valence-electron chi connectivity index (χ0n) is 29.4. The number of H-pyrrole nitrogens is 1. The molecule has 0 aliphatic carbocycles. The topological polar surface area (TPSA) is 157 Å². The Kier molecular flexibility index (Phi) is 10.7. The number of nitrogens with one attached hydrogen (secondary N) is 2. The van der Waals surface area contributed by atoms with Gasteiger partial charge in [0, 0.05) is 30.6 Å². The summed E-state index contributed by atoms with van der Waals surface area (Å²) in [6.45, 7) is 3.57. The van der Waals surface area contributed by atoms with E-state index in [2.05, 4.69) is 30.9 Å². The van der Waals surface area contributed by atoms with Gasteiger partial charge in [-0.1, -0.05) is 59.6 Å². The van der Waals surface area contributed by atoms with Gasteiger partial charge in [0.1, 0.15) is 11.8 Å². The van der Waals surface area contributed by atoms with Gasteiger partial charge in [-0.15, -0.1) is 10.2 Å². The summed E-state index contributed by atoms with van der Waals surface area (Å²) >= 11 is 12.9. The first-order valence-electron chi connectivity index (χ1n) is 17.9. The molecule has 0 saturated carbocycles. The van der Waals surface area contributed by atoms with Crippen LogP contribution in [0, 0.1) is 0 Å². The average Bonchev–Trinajstić information content (AvgIpc) is 3.98. The number of likely N-dealkylation sites (tertiary alicyclic amines) is 2. The third-order valence-corrected chi connectivity index (χ3v) is 12.1. The molecule has 3 aromatic carbocycles. The Hall–Kier alpha value is -4.56. The maximum Gasteiger partial charge on any atom is 0.322 e. The van der Waals surface area contributed by atoms with Gasteiger partial charge in [-0.25, -0.2) is 5.01 Å². The van der Waals surface area contributed by atoms with Gasteiger partial charge < -0.3 is 19.6 Å². The molecule has 0 spiro atoms. The zero-order valence-corrected chi connectivity index (χ0v) is 30.9. The van der Waals surface area contributed by atoms with Crippen LogP contribution < -0.4 is 10.2 Å². The fourth-order valence-electron chi connectivity index (χ4n) is 8.25. The Morgan fingerprint density at radius 2 is 1.75 bits per heavy atom. The Balaban J connectivity index is 1.09. The number of hydrazine groups is 1. The van der Waals surface area contributed by atoms with Crippen molar-refractivity contribution in [1.29, 1.82) is 0 Å². The number of hydrogen-bond acceptors (Lipinski definition) is 9. The molecule has 13 nitrogen and oxygen atoms in total. The Bertz CT molecular complexity index is 1960. The van der Waals surface area contributed by atoms with Gasteiger partial charge in [0.05, 0.1) is 28.1 Å². The lowest BCUT2D eigenvalue weighted by molar-refractivity contribution is -0.145. The monoisotopic (exact) mass is 760 g/mol. The van der Waals surface area contributed by atoms with Gasteiger partial charge in [0.2, 0.25) is 11.7 Å². The summed E-state index contributed by atoms with van der Waals surface area (Å²) in [5.41, 5.74) is 4.81. The van der Waals surface area contributed by atoms with Crippen molar-refractivity contribution in [1.82, 2.24) is 40.9 Å². The van der Waals surface area contributed by atoms with Crippen LogP contribution in [0.5, 0.6) is 5.75 Å². The minimum absolute atomic E-state index is 0.158. The number of nitrogens with zero attached hydrogens (tertiary/aromatic N) is 6. The zero-order chi connectivity index (χ0) is 37.2. The molecule has 7 rings (SSSR count). The summed E-state index contributed by atoms with van der Waals surface area (Å²) in [6.07, 6.45) is 3.84. The third kappa shape index (κ3) is 7.35. The van der Waals surface area contributed by atoms with E-state index in [4.69, 9.17) is 27.9 Å². The van der Waals surface area contributed by atoms with Gasteiger partial charge in [0.15, 0.2) is 0 Å². The summed E-state index contributed by atoms with van der Waals surface area (Å²) in [5, 5.41) is 26.5. The highest BCUT2D eigenvalue weighted by Crippen LogP contribution is 2.43. The molecule has 4 heterocycles. The molecule has 2 atom stereocenters. The minimum Gasteiger partial charge on any atom is -0.496 e. The number of aliphatic carboxylic acids is 1. The number of amides is 2. The standard InChI is InChI=1S/C38H42Cl2N8O5/c1-53-32-12-9-25(33-41-44-45-42-33)22-28(32)34(49)47-21-14-37(24-47,27-10-11-29(39)30(40)23-27)13-18-46-19-15-38(16-20-46,26-6-3-2-4-7-26)36(52)43-48-17-5-8-31(48)35(50)51/h2-4,6-7,9-12,22-23,31H,5,8,13-21,24H2,1H3,(H,43,52)(H,50,51)(H,41,42,44,45). The van der Waals surface area contributed by atoms with Gasteiger partial charge in [-0.2, -0.15) is 5.21 Å². The molecular weight excluding hydrogens is 719 g/mol. The highest BCUT2D eigenvalue weighted by Gasteiger charge is 2.46. The van der Waals surface area contributed by atoms with E-state index in [-0.39, 0.29) is 11.8 Å². The van der Waals surface area contributed by atoms with Crippen LogP contribution in [0.1, 0.15) is 60.0 Å². The van der Waals surface area contributed by atoms with Crippen molar-refractivity contribution in [3.63, 3.8) is 0 Å². The first-order chi connectivity index (χ1) is 25.6. The molecule has 3 saturated heterocycles. The number of benzene rings is 3. The van der Waals surface area contributed by atoms with E-state index in [1.54, 1.807) is 23.2 Å². The lowest BCUT2D eigenvalue weighted by Gasteiger charge is -2.43. The predicted octanol–water partition coefficient (Wildman–Crippen LogP) is 4.97. The number of carboxylic acid groups (broad SMARTS) is 1. The van der Waals surface area contributed by atoms with Crippen LogP contribution in [0.3, 0.4) is 0 Å². The number of aromatic amines is 1. The minimum atomic E-state index is -0.925. The van der Waals surface area contributed by atoms with Crippen molar-refractivity contribution < 1.29 is 24.2 Å². The fraction of sp³-hybridized carbons (Fsp3) is 0.421. The van der Waals surface area contributed by atoms with Gasteiger partial charge in [-0.3, -0.25) is 19.8 Å². The molecule has 2 unspecified atom stereocenters. The maximum absolute atomic E-state index is 14.2. The number of methoxy groups -OCH3 is 1. The smallest absolute Gasteiger partial charge is 0.322 e. The van der Waals surface area contributed by atoms with Crippen molar-refractivity contribution in [2.24, 2.45) is 0 Å². The molecule has 0 bridgehead atoms. The van der Waals surface area contributed by atoms with Crippen LogP contribution in [0.15, 0.2) is 66.7 Å². The number of rotatable bonds is 11. The molecule has 2 amide bonds. The van der Waals surface area contributed by atoms with Gasteiger partial charge in [0.25, 0.3) is 5.91 Å². The van der Waals surface area contributed by atoms with E-state index in [0.717, 1.165) is 24.1 Å². The lowest BCUT2D eigenvalue weighted by atomic mass is 9.71. The van der Waals surface area contributed by atoms with Crippen LogP contribution in [0.25, 0.3) is 11.4 Å². The van der Waals surface area contributed by atoms with Crippen molar-refractivity contribution in [2.45, 2.75) is 55.4 Å². The van der Waals surface area contributed by atoms with Gasteiger partial charge in [-0.05, 0) is 105 Å². The van der Waals surface area contributed by atoms with Crippen molar-refractivity contribution in [3.05, 3.63) is 93.5 Å². The first kappa shape index (κ1) is 36.8. The van der Waals surface area contributed by atoms with Crippen molar-refractivity contribution in [3.8, 4) is 17.1 Å². The number of piperidine rings is 1. The quantitative estimate of drug-likeness (QED) is 0.191. The highest BCUT2D eigenvalue weighted by molar-refractivity contribution is 6.42. The number of hydrogen-bond donors (Lipinski definition) is 3. The van der Waals surface area contributed by atoms with Crippen molar-refractivity contribution in [2.75, 3.05) is 46.4 Å². The molecule has 3 aliphatic rings. The molecule has 1 aromatic heterocycles. The molecule has 15 heteroatoms. The SMILES string of the molecule is COc1ccc(-c2nn[nH]n2)cc1C(=O)N1CCC(CCN2CCC(C(=O)NN3CCCC3C(=O)O)(c3ccccc3)CC2)(c2ccc(Cl)c(Cl)c2)C1. The highest BCUT2D eigenvalue weighted by atomic mass is 35.5.